The lowest BCUT2D eigenvalue weighted by Gasteiger charge is -2.25. The molecule has 5 heteroatoms. The van der Waals surface area contributed by atoms with E-state index in [1.54, 1.807) is 6.07 Å². The topological polar surface area (TPSA) is 61.0 Å². The highest BCUT2D eigenvalue weighted by Crippen LogP contribution is 2.21. The Morgan fingerprint density at radius 3 is 2.56 bits per heavy atom. The van der Waals surface area contributed by atoms with Crippen molar-refractivity contribution in [2.24, 2.45) is 0 Å². The Morgan fingerprint density at radius 1 is 1.04 bits per heavy atom. The SMILES string of the molecule is O=c1[nH]c(NC(CN2CCCC2)c2ccccc2)nc2ccccc12. The number of rotatable bonds is 5. The zero-order valence-corrected chi connectivity index (χ0v) is 14.1. The van der Waals surface area contributed by atoms with Crippen LogP contribution < -0.4 is 10.9 Å². The van der Waals surface area contributed by atoms with E-state index in [0.29, 0.717) is 16.9 Å². The summed E-state index contributed by atoms with van der Waals surface area (Å²) in [7, 11) is 0. The standard InChI is InChI=1S/C20H22N4O/c25-19-16-10-4-5-11-17(16)21-20(23-19)22-18(14-24-12-6-7-13-24)15-8-2-1-3-9-15/h1-5,8-11,18H,6-7,12-14H2,(H2,21,22,23,25). The van der Waals surface area contributed by atoms with E-state index in [-0.39, 0.29) is 11.6 Å². The molecule has 0 saturated carbocycles. The van der Waals surface area contributed by atoms with Crippen LogP contribution in [0.1, 0.15) is 24.4 Å². The lowest BCUT2D eigenvalue weighted by Crippen LogP contribution is -2.30. The largest absolute Gasteiger partial charge is 0.348 e. The number of nitrogens with one attached hydrogen (secondary N) is 2. The van der Waals surface area contributed by atoms with Crippen LogP contribution in [0.5, 0.6) is 0 Å². The van der Waals surface area contributed by atoms with Crippen LogP contribution in [-0.2, 0) is 0 Å². The van der Waals surface area contributed by atoms with Gasteiger partial charge in [-0.05, 0) is 43.6 Å². The molecule has 25 heavy (non-hydrogen) atoms. The van der Waals surface area contributed by atoms with Crippen LogP contribution in [0.15, 0.2) is 59.4 Å². The second kappa shape index (κ2) is 7.07. The number of hydrogen-bond acceptors (Lipinski definition) is 4. The molecular weight excluding hydrogens is 312 g/mol. The molecule has 0 radical (unpaired) electrons. The number of benzene rings is 2. The van der Waals surface area contributed by atoms with E-state index in [1.807, 2.05) is 36.4 Å². The fraction of sp³-hybridized carbons (Fsp3) is 0.300. The highest BCUT2D eigenvalue weighted by molar-refractivity contribution is 5.78. The second-order valence-corrected chi connectivity index (χ2v) is 6.55. The molecule has 3 aromatic rings. The molecule has 4 rings (SSSR count). The van der Waals surface area contributed by atoms with Crippen LogP contribution in [0, 0.1) is 0 Å². The van der Waals surface area contributed by atoms with E-state index in [2.05, 4.69) is 32.3 Å². The number of nitrogens with zero attached hydrogens (tertiary/aromatic N) is 2. The molecule has 128 valence electrons. The van der Waals surface area contributed by atoms with Crippen molar-refractivity contribution in [1.82, 2.24) is 14.9 Å². The van der Waals surface area contributed by atoms with Crippen molar-refractivity contribution in [1.29, 1.82) is 0 Å². The minimum atomic E-state index is -0.110. The molecule has 1 unspecified atom stereocenters. The van der Waals surface area contributed by atoms with E-state index in [0.717, 1.165) is 19.6 Å². The molecule has 0 aliphatic carbocycles. The lowest BCUT2D eigenvalue weighted by molar-refractivity contribution is 0.323. The van der Waals surface area contributed by atoms with Crippen molar-refractivity contribution >= 4 is 16.9 Å². The molecule has 2 heterocycles. The molecular formula is C20H22N4O. The Bertz CT molecular complexity index is 900. The molecule has 5 nitrogen and oxygen atoms in total. The highest BCUT2D eigenvalue weighted by atomic mass is 16.1. The Balaban J connectivity index is 1.64. The van der Waals surface area contributed by atoms with Gasteiger partial charge in [-0.3, -0.25) is 9.78 Å². The molecule has 0 amide bonds. The molecule has 2 aromatic carbocycles. The van der Waals surface area contributed by atoms with Crippen LogP contribution in [0.4, 0.5) is 5.95 Å². The Morgan fingerprint density at radius 2 is 1.76 bits per heavy atom. The summed E-state index contributed by atoms with van der Waals surface area (Å²) < 4.78 is 0. The van der Waals surface area contributed by atoms with Crippen molar-refractivity contribution < 1.29 is 0 Å². The number of fused-ring (bicyclic) bond motifs is 1. The lowest BCUT2D eigenvalue weighted by atomic mass is 10.1. The molecule has 0 bridgehead atoms. The molecule has 1 saturated heterocycles. The number of anilines is 1. The van der Waals surface area contributed by atoms with Gasteiger partial charge in [0.25, 0.3) is 5.56 Å². The van der Waals surface area contributed by atoms with Crippen LogP contribution in [0.25, 0.3) is 10.9 Å². The Hall–Kier alpha value is -2.66. The number of likely N-dealkylation sites (tertiary alicyclic amines) is 1. The maximum atomic E-state index is 12.3. The third kappa shape index (κ3) is 3.56. The summed E-state index contributed by atoms with van der Waals surface area (Å²) in [5.41, 5.74) is 1.80. The van der Waals surface area contributed by atoms with Crippen LogP contribution in [0.3, 0.4) is 0 Å². The monoisotopic (exact) mass is 334 g/mol. The van der Waals surface area contributed by atoms with Gasteiger partial charge in [0.15, 0.2) is 0 Å². The van der Waals surface area contributed by atoms with Gasteiger partial charge in [-0.25, -0.2) is 4.98 Å². The summed E-state index contributed by atoms with van der Waals surface area (Å²) in [6, 6.07) is 17.9. The quantitative estimate of drug-likeness (QED) is 0.752. The number of aromatic amines is 1. The van der Waals surface area contributed by atoms with Gasteiger partial charge in [0, 0.05) is 6.54 Å². The normalized spacial score (nSPS) is 16.2. The maximum Gasteiger partial charge on any atom is 0.260 e. The first-order valence-electron chi connectivity index (χ1n) is 8.82. The summed E-state index contributed by atoms with van der Waals surface area (Å²) >= 11 is 0. The molecule has 1 aliphatic rings. The summed E-state index contributed by atoms with van der Waals surface area (Å²) in [6.07, 6.45) is 2.51. The fourth-order valence-electron chi connectivity index (χ4n) is 3.46. The number of hydrogen-bond donors (Lipinski definition) is 2. The minimum absolute atomic E-state index is 0.0867. The molecule has 1 atom stereocenters. The van der Waals surface area contributed by atoms with Gasteiger partial charge in [0.2, 0.25) is 5.95 Å². The Labute approximate surface area is 146 Å². The smallest absolute Gasteiger partial charge is 0.260 e. The average Bonchev–Trinajstić information content (AvgIpc) is 3.15. The summed E-state index contributed by atoms with van der Waals surface area (Å²) in [4.78, 5) is 22.2. The molecule has 0 spiro atoms. The molecule has 1 fully saturated rings. The first kappa shape index (κ1) is 15.8. The number of aromatic nitrogens is 2. The van der Waals surface area contributed by atoms with Gasteiger partial charge in [-0.15, -0.1) is 0 Å². The fourth-order valence-corrected chi connectivity index (χ4v) is 3.46. The van der Waals surface area contributed by atoms with E-state index in [1.165, 1.54) is 18.4 Å². The number of H-pyrrole nitrogens is 1. The van der Waals surface area contributed by atoms with Gasteiger partial charge in [-0.2, -0.15) is 0 Å². The summed E-state index contributed by atoms with van der Waals surface area (Å²) in [6.45, 7) is 3.17. The van der Waals surface area contributed by atoms with Gasteiger partial charge in [0.1, 0.15) is 0 Å². The minimum Gasteiger partial charge on any atom is -0.348 e. The van der Waals surface area contributed by atoms with Crippen molar-refractivity contribution in [3.05, 3.63) is 70.5 Å². The van der Waals surface area contributed by atoms with Gasteiger partial charge < -0.3 is 10.2 Å². The van der Waals surface area contributed by atoms with Crippen molar-refractivity contribution in [2.45, 2.75) is 18.9 Å². The van der Waals surface area contributed by atoms with Crippen LogP contribution in [0.2, 0.25) is 0 Å². The van der Waals surface area contributed by atoms with Gasteiger partial charge in [0.05, 0.1) is 16.9 Å². The third-order valence-corrected chi connectivity index (χ3v) is 4.77. The summed E-state index contributed by atoms with van der Waals surface area (Å²) in [5.74, 6) is 0.525. The number of para-hydroxylation sites is 1. The van der Waals surface area contributed by atoms with Gasteiger partial charge >= 0.3 is 0 Å². The van der Waals surface area contributed by atoms with E-state index in [9.17, 15) is 4.79 Å². The predicted molar refractivity (Wildman–Crippen MR) is 101 cm³/mol. The first-order chi connectivity index (χ1) is 12.3. The van der Waals surface area contributed by atoms with Crippen molar-refractivity contribution in [3.63, 3.8) is 0 Å². The van der Waals surface area contributed by atoms with Gasteiger partial charge in [-0.1, -0.05) is 42.5 Å². The van der Waals surface area contributed by atoms with Crippen molar-refractivity contribution in [2.75, 3.05) is 25.0 Å². The van der Waals surface area contributed by atoms with E-state index >= 15 is 0 Å². The molecule has 1 aromatic heterocycles. The second-order valence-electron chi connectivity index (χ2n) is 6.55. The molecule has 2 N–H and O–H groups in total. The maximum absolute atomic E-state index is 12.3. The molecule has 1 aliphatic heterocycles. The van der Waals surface area contributed by atoms with Crippen LogP contribution in [-0.4, -0.2) is 34.5 Å². The van der Waals surface area contributed by atoms with Crippen molar-refractivity contribution in [3.8, 4) is 0 Å². The first-order valence-corrected chi connectivity index (χ1v) is 8.82. The zero-order valence-electron chi connectivity index (χ0n) is 14.1. The summed E-state index contributed by atoms with van der Waals surface area (Å²) in [5, 5.41) is 4.06. The van der Waals surface area contributed by atoms with E-state index < -0.39 is 0 Å². The third-order valence-electron chi connectivity index (χ3n) is 4.77. The highest BCUT2D eigenvalue weighted by Gasteiger charge is 2.19. The predicted octanol–water partition coefficient (Wildman–Crippen LogP) is 3.17. The van der Waals surface area contributed by atoms with Crippen LogP contribution >= 0.6 is 0 Å². The zero-order chi connectivity index (χ0) is 17.1. The Kier molecular flexibility index (Phi) is 4.48. The average molecular weight is 334 g/mol. The van der Waals surface area contributed by atoms with E-state index in [4.69, 9.17) is 0 Å².